The molecule has 0 radical (unpaired) electrons. The van der Waals surface area contributed by atoms with E-state index in [4.69, 9.17) is 16.3 Å². The quantitative estimate of drug-likeness (QED) is 0.867. The number of aryl methyl sites for hydroxylation is 1. The highest BCUT2D eigenvalue weighted by atomic mass is 35.5. The van der Waals surface area contributed by atoms with Crippen molar-refractivity contribution in [2.45, 2.75) is 19.4 Å². The first-order valence-corrected chi connectivity index (χ1v) is 6.80. The van der Waals surface area contributed by atoms with Gasteiger partial charge in [-0.1, -0.05) is 29.8 Å². The van der Waals surface area contributed by atoms with Crippen LogP contribution in [0.3, 0.4) is 0 Å². The highest BCUT2D eigenvalue weighted by molar-refractivity contribution is 6.29. The molecule has 0 amide bonds. The molecule has 0 bridgehead atoms. The molecule has 2 aromatic rings. The van der Waals surface area contributed by atoms with Crippen LogP contribution in [0.1, 0.15) is 17.5 Å². The summed E-state index contributed by atoms with van der Waals surface area (Å²) in [4.78, 5) is 4.05. The van der Waals surface area contributed by atoms with Crippen molar-refractivity contribution in [1.82, 2.24) is 4.98 Å². The number of para-hydroxylation sites is 1. The summed E-state index contributed by atoms with van der Waals surface area (Å²) in [5.74, 6) is 0.909. The summed E-state index contributed by atoms with van der Waals surface area (Å²) in [6.07, 6.45) is 4.03. The summed E-state index contributed by atoms with van der Waals surface area (Å²) in [5.41, 5.74) is 3.48. The van der Waals surface area contributed by atoms with Gasteiger partial charge in [-0.25, -0.2) is 4.98 Å². The second-order valence-electron chi connectivity index (χ2n) is 4.60. The van der Waals surface area contributed by atoms with Crippen LogP contribution in [0.2, 0.25) is 5.15 Å². The average Bonchev–Trinajstić information content (AvgIpc) is 2.47. The highest BCUT2D eigenvalue weighted by Gasteiger charge is 2.13. The van der Waals surface area contributed by atoms with E-state index in [9.17, 15) is 0 Å². The molecule has 0 fully saturated rings. The third-order valence-electron chi connectivity index (χ3n) is 3.22. The number of nitrogens with one attached hydrogen (secondary N) is 1. The van der Waals surface area contributed by atoms with Crippen LogP contribution in [0.4, 0.5) is 5.69 Å². The lowest BCUT2D eigenvalue weighted by Crippen LogP contribution is -2.13. The Kier molecular flexibility index (Phi) is 3.56. The van der Waals surface area contributed by atoms with E-state index in [1.807, 2.05) is 18.2 Å². The molecule has 3 nitrogen and oxygen atoms in total. The van der Waals surface area contributed by atoms with Crippen molar-refractivity contribution in [2.75, 3.05) is 11.9 Å². The fourth-order valence-electron chi connectivity index (χ4n) is 2.25. The van der Waals surface area contributed by atoms with Crippen molar-refractivity contribution in [1.29, 1.82) is 0 Å². The monoisotopic (exact) mass is 274 g/mol. The van der Waals surface area contributed by atoms with Crippen LogP contribution in [0.5, 0.6) is 5.75 Å². The normalized spacial score (nSPS) is 13.5. The van der Waals surface area contributed by atoms with Crippen LogP contribution >= 0.6 is 11.6 Å². The van der Waals surface area contributed by atoms with Gasteiger partial charge in [-0.15, -0.1) is 0 Å². The fraction of sp³-hybridized carbons (Fsp3) is 0.267. The number of hydrogen-bond donors (Lipinski definition) is 1. The molecular weight excluding hydrogens is 260 g/mol. The summed E-state index contributed by atoms with van der Waals surface area (Å²) in [6.45, 7) is 1.51. The van der Waals surface area contributed by atoms with Crippen molar-refractivity contribution in [2.24, 2.45) is 0 Å². The molecule has 1 aliphatic heterocycles. The van der Waals surface area contributed by atoms with E-state index in [0.717, 1.165) is 30.0 Å². The summed E-state index contributed by atoms with van der Waals surface area (Å²) < 4.78 is 5.88. The van der Waals surface area contributed by atoms with Gasteiger partial charge in [0.15, 0.2) is 0 Å². The maximum Gasteiger partial charge on any atom is 0.143 e. The molecule has 0 saturated carbocycles. The molecule has 0 unspecified atom stereocenters. The van der Waals surface area contributed by atoms with Gasteiger partial charge in [0.1, 0.15) is 17.5 Å². The molecule has 2 heterocycles. The Labute approximate surface area is 117 Å². The van der Waals surface area contributed by atoms with Gasteiger partial charge in [0.2, 0.25) is 0 Å². The van der Waals surface area contributed by atoms with Crippen LogP contribution in [-0.2, 0) is 13.0 Å². The summed E-state index contributed by atoms with van der Waals surface area (Å²) in [7, 11) is 0. The molecule has 1 N–H and O–H groups in total. The Morgan fingerprint density at radius 2 is 2.21 bits per heavy atom. The van der Waals surface area contributed by atoms with E-state index in [1.165, 1.54) is 12.0 Å². The zero-order chi connectivity index (χ0) is 13.1. The summed E-state index contributed by atoms with van der Waals surface area (Å²) >= 11 is 5.76. The van der Waals surface area contributed by atoms with Gasteiger partial charge in [-0.05, 0) is 30.5 Å². The van der Waals surface area contributed by atoms with Gasteiger partial charge in [0, 0.05) is 18.3 Å². The van der Waals surface area contributed by atoms with Crippen LogP contribution in [0, 0.1) is 0 Å². The number of halogens is 1. The molecule has 1 aromatic heterocycles. The molecule has 4 heteroatoms. The van der Waals surface area contributed by atoms with Crippen LogP contribution in [-0.4, -0.2) is 11.5 Å². The fourth-order valence-corrected chi connectivity index (χ4v) is 2.36. The Morgan fingerprint density at radius 3 is 3.05 bits per heavy atom. The van der Waals surface area contributed by atoms with Gasteiger partial charge >= 0.3 is 0 Å². The topological polar surface area (TPSA) is 34.1 Å². The van der Waals surface area contributed by atoms with E-state index < -0.39 is 0 Å². The maximum atomic E-state index is 5.88. The maximum absolute atomic E-state index is 5.88. The highest BCUT2D eigenvalue weighted by Crippen LogP contribution is 2.32. The van der Waals surface area contributed by atoms with Gasteiger partial charge < -0.3 is 10.1 Å². The first-order valence-electron chi connectivity index (χ1n) is 6.42. The standard InChI is InChI=1S/C15H15ClN2O/c16-14-7-6-11(9-18-14)10-19-13-5-1-3-12-4-2-8-17-15(12)13/h1,3,5-7,9,17H,2,4,8,10H2. The van der Waals surface area contributed by atoms with Gasteiger partial charge in [-0.2, -0.15) is 0 Å². The summed E-state index contributed by atoms with van der Waals surface area (Å²) in [6, 6.07) is 9.90. The minimum Gasteiger partial charge on any atom is -0.487 e. The van der Waals surface area contributed by atoms with Crippen molar-refractivity contribution >= 4 is 17.3 Å². The third kappa shape index (κ3) is 2.82. The first kappa shape index (κ1) is 12.3. The number of benzene rings is 1. The van der Waals surface area contributed by atoms with Crippen LogP contribution in [0.25, 0.3) is 0 Å². The number of rotatable bonds is 3. The minimum atomic E-state index is 0.502. The minimum absolute atomic E-state index is 0.502. The number of pyridine rings is 1. The predicted molar refractivity (Wildman–Crippen MR) is 76.8 cm³/mol. The summed E-state index contributed by atoms with van der Waals surface area (Å²) in [5, 5.41) is 3.92. The van der Waals surface area contributed by atoms with Gasteiger partial charge in [-0.3, -0.25) is 0 Å². The van der Waals surface area contributed by atoms with Crippen LogP contribution in [0.15, 0.2) is 36.5 Å². The Hall–Kier alpha value is -1.74. The van der Waals surface area contributed by atoms with Crippen LogP contribution < -0.4 is 10.1 Å². The van der Waals surface area contributed by atoms with E-state index in [-0.39, 0.29) is 0 Å². The van der Waals surface area contributed by atoms with E-state index in [0.29, 0.717) is 11.8 Å². The molecule has 0 spiro atoms. The Bertz CT molecular complexity index is 569. The van der Waals surface area contributed by atoms with Gasteiger partial charge in [0.25, 0.3) is 0 Å². The number of nitrogens with zero attached hydrogens (tertiary/aromatic N) is 1. The van der Waals surface area contributed by atoms with E-state index >= 15 is 0 Å². The molecule has 98 valence electrons. The number of fused-ring (bicyclic) bond motifs is 1. The molecule has 3 rings (SSSR count). The number of ether oxygens (including phenoxy) is 1. The smallest absolute Gasteiger partial charge is 0.143 e. The van der Waals surface area contributed by atoms with E-state index in [1.54, 1.807) is 12.3 Å². The lowest BCUT2D eigenvalue weighted by molar-refractivity contribution is 0.306. The number of anilines is 1. The predicted octanol–water partition coefficient (Wildman–Crippen LogP) is 3.67. The molecule has 0 saturated heterocycles. The molecule has 0 atom stereocenters. The lowest BCUT2D eigenvalue weighted by atomic mass is 10.0. The molecule has 1 aliphatic rings. The van der Waals surface area contributed by atoms with Gasteiger partial charge in [0.05, 0.1) is 5.69 Å². The van der Waals surface area contributed by atoms with Crippen molar-refractivity contribution in [3.05, 3.63) is 52.8 Å². The van der Waals surface area contributed by atoms with Crippen molar-refractivity contribution in [3.63, 3.8) is 0 Å². The second kappa shape index (κ2) is 5.49. The first-order chi connectivity index (χ1) is 9.33. The molecule has 0 aliphatic carbocycles. The number of aromatic nitrogens is 1. The molecule has 1 aromatic carbocycles. The molecule has 19 heavy (non-hydrogen) atoms. The van der Waals surface area contributed by atoms with Crippen molar-refractivity contribution < 1.29 is 4.74 Å². The number of hydrogen-bond acceptors (Lipinski definition) is 3. The SMILES string of the molecule is Clc1ccc(COc2cccc3c2NCCC3)cn1. The Morgan fingerprint density at radius 1 is 1.26 bits per heavy atom. The van der Waals surface area contributed by atoms with Crippen molar-refractivity contribution in [3.8, 4) is 5.75 Å². The molecular formula is C15H15ClN2O. The zero-order valence-electron chi connectivity index (χ0n) is 10.5. The third-order valence-corrected chi connectivity index (χ3v) is 3.44. The zero-order valence-corrected chi connectivity index (χ0v) is 11.3. The largest absolute Gasteiger partial charge is 0.487 e. The Balaban J connectivity index is 1.75. The second-order valence-corrected chi connectivity index (χ2v) is 4.99. The lowest BCUT2D eigenvalue weighted by Gasteiger charge is -2.21. The van der Waals surface area contributed by atoms with E-state index in [2.05, 4.69) is 16.4 Å². The average molecular weight is 275 g/mol.